The van der Waals surface area contributed by atoms with Gasteiger partial charge in [0.1, 0.15) is 4.90 Å². The number of hydrogen-bond acceptors (Lipinski definition) is 4. The Labute approximate surface area is 174 Å². The minimum absolute atomic E-state index is 0.0133. The highest BCUT2D eigenvalue weighted by Crippen LogP contribution is 2.35. The fourth-order valence-corrected chi connectivity index (χ4v) is 6.61. The van der Waals surface area contributed by atoms with Gasteiger partial charge in [-0.2, -0.15) is 4.31 Å². The molecule has 2 aliphatic heterocycles. The molecule has 28 heavy (non-hydrogen) atoms. The number of benzene rings is 2. The van der Waals surface area contributed by atoms with Crippen LogP contribution >= 0.6 is 23.4 Å². The molecule has 2 aliphatic rings. The average molecular weight is 437 g/mol. The molecule has 1 saturated heterocycles. The van der Waals surface area contributed by atoms with Crippen molar-refractivity contribution in [3.05, 3.63) is 53.1 Å². The van der Waals surface area contributed by atoms with Crippen molar-refractivity contribution in [1.82, 2.24) is 4.31 Å². The van der Waals surface area contributed by atoms with Gasteiger partial charge in [0, 0.05) is 30.1 Å². The van der Waals surface area contributed by atoms with Crippen LogP contribution in [0.2, 0.25) is 5.02 Å². The molecule has 0 aromatic heterocycles. The van der Waals surface area contributed by atoms with Gasteiger partial charge in [0.05, 0.1) is 10.7 Å². The Hall–Kier alpha value is -1.54. The molecule has 2 aromatic rings. The third-order valence-electron chi connectivity index (χ3n) is 5.05. The summed E-state index contributed by atoms with van der Waals surface area (Å²) in [6.45, 7) is 1.58. The van der Waals surface area contributed by atoms with Crippen LogP contribution in [0.15, 0.2) is 52.3 Å². The summed E-state index contributed by atoms with van der Waals surface area (Å²) in [6.07, 6.45) is 2.56. The minimum Gasteiger partial charge on any atom is -0.307 e. The molecular weight excluding hydrogens is 416 g/mol. The van der Waals surface area contributed by atoms with Gasteiger partial charge in [-0.1, -0.05) is 23.7 Å². The number of amides is 1. The van der Waals surface area contributed by atoms with E-state index in [2.05, 4.69) is 0 Å². The molecule has 5 nitrogen and oxygen atoms in total. The molecule has 1 fully saturated rings. The molecular formula is C20H21ClN2O3S2. The normalized spacial score (nSPS) is 18.0. The zero-order valence-corrected chi connectivity index (χ0v) is 17.7. The first-order valence-electron chi connectivity index (χ1n) is 9.32. The van der Waals surface area contributed by atoms with Gasteiger partial charge < -0.3 is 4.90 Å². The second-order valence-corrected chi connectivity index (χ2v) is 10.3. The number of para-hydroxylation sites is 1. The number of anilines is 1. The average Bonchev–Trinajstić information content (AvgIpc) is 3.16. The van der Waals surface area contributed by atoms with Crippen molar-refractivity contribution in [1.29, 1.82) is 0 Å². The first-order valence-corrected chi connectivity index (χ1v) is 12.1. The lowest BCUT2D eigenvalue weighted by molar-refractivity contribution is 0.0986. The summed E-state index contributed by atoms with van der Waals surface area (Å²) < 4.78 is 27.4. The van der Waals surface area contributed by atoms with Gasteiger partial charge in [-0.05, 0) is 55.3 Å². The summed E-state index contributed by atoms with van der Waals surface area (Å²) in [5.74, 6) is 0.736. The summed E-state index contributed by atoms with van der Waals surface area (Å²) in [7, 11) is -3.70. The number of thioether (sulfide) groups is 1. The molecule has 0 saturated carbocycles. The zero-order valence-electron chi connectivity index (χ0n) is 15.3. The highest BCUT2D eigenvalue weighted by Gasteiger charge is 2.31. The molecule has 2 aromatic carbocycles. The summed E-state index contributed by atoms with van der Waals surface area (Å²) in [4.78, 5) is 16.1. The van der Waals surface area contributed by atoms with Crippen LogP contribution in [0.25, 0.3) is 0 Å². The first kappa shape index (κ1) is 19.8. The molecule has 0 bridgehead atoms. The standard InChI is InChI=1S/C20H21ClN2O3S2/c21-16-9-8-15(14-19(16)28(25,26)22-10-3-4-11-22)20(24)23-12-5-13-27-18-7-2-1-6-17(18)23/h1-2,6-9,14H,3-5,10-13H2. The molecule has 0 unspecified atom stereocenters. The van der Waals surface area contributed by atoms with Gasteiger partial charge in [-0.15, -0.1) is 11.8 Å². The summed E-state index contributed by atoms with van der Waals surface area (Å²) in [5.41, 5.74) is 1.21. The second-order valence-electron chi connectivity index (χ2n) is 6.88. The fraction of sp³-hybridized carbons (Fsp3) is 0.350. The lowest BCUT2D eigenvalue weighted by Crippen LogP contribution is -2.32. The second kappa shape index (κ2) is 8.06. The Morgan fingerprint density at radius 2 is 1.75 bits per heavy atom. The molecule has 0 atom stereocenters. The topological polar surface area (TPSA) is 57.7 Å². The maximum absolute atomic E-state index is 13.3. The van der Waals surface area contributed by atoms with E-state index in [1.54, 1.807) is 22.7 Å². The van der Waals surface area contributed by atoms with Crippen LogP contribution in [0.4, 0.5) is 5.69 Å². The largest absolute Gasteiger partial charge is 0.307 e. The Morgan fingerprint density at radius 3 is 2.54 bits per heavy atom. The van der Waals surface area contributed by atoms with E-state index in [4.69, 9.17) is 11.6 Å². The third-order valence-corrected chi connectivity index (χ3v) is 8.58. The molecule has 0 N–H and O–H groups in total. The highest BCUT2D eigenvalue weighted by molar-refractivity contribution is 7.99. The number of halogens is 1. The highest BCUT2D eigenvalue weighted by atomic mass is 35.5. The fourth-order valence-electron chi connectivity index (χ4n) is 3.60. The first-order chi connectivity index (χ1) is 13.5. The predicted molar refractivity (Wildman–Crippen MR) is 113 cm³/mol. The lowest BCUT2D eigenvalue weighted by Gasteiger charge is -2.23. The zero-order chi connectivity index (χ0) is 19.7. The molecule has 0 radical (unpaired) electrons. The van der Waals surface area contributed by atoms with Gasteiger partial charge in [0.2, 0.25) is 10.0 Å². The van der Waals surface area contributed by atoms with Crippen molar-refractivity contribution in [3.63, 3.8) is 0 Å². The van der Waals surface area contributed by atoms with Gasteiger partial charge in [-0.25, -0.2) is 8.42 Å². The van der Waals surface area contributed by atoms with E-state index in [1.807, 2.05) is 24.3 Å². The molecule has 1 amide bonds. The van der Waals surface area contributed by atoms with Crippen LogP contribution in [0.1, 0.15) is 29.6 Å². The number of carbonyl (C=O) groups excluding carboxylic acids is 1. The van der Waals surface area contributed by atoms with Crippen molar-refractivity contribution in [2.75, 3.05) is 30.3 Å². The molecule has 148 valence electrons. The van der Waals surface area contributed by atoms with E-state index in [-0.39, 0.29) is 15.8 Å². The number of nitrogens with zero attached hydrogens (tertiary/aromatic N) is 2. The van der Waals surface area contributed by atoms with Gasteiger partial charge in [0.15, 0.2) is 0 Å². The Kier molecular flexibility index (Phi) is 5.69. The van der Waals surface area contributed by atoms with Crippen LogP contribution in [0, 0.1) is 0 Å². The molecule has 8 heteroatoms. The van der Waals surface area contributed by atoms with Gasteiger partial charge in [0.25, 0.3) is 5.91 Å². The number of rotatable bonds is 3. The quantitative estimate of drug-likeness (QED) is 0.721. The molecule has 0 aliphatic carbocycles. The van der Waals surface area contributed by atoms with E-state index in [0.717, 1.165) is 35.6 Å². The van der Waals surface area contributed by atoms with E-state index >= 15 is 0 Å². The molecule has 4 rings (SSSR count). The summed E-state index contributed by atoms with van der Waals surface area (Å²) in [6, 6.07) is 12.4. The van der Waals surface area contributed by atoms with Crippen molar-refractivity contribution in [2.45, 2.75) is 29.1 Å². The summed E-state index contributed by atoms with van der Waals surface area (Å²) in [5, 5.41) is 0.148. The number of hydrogen-bond donors (Lipinski definition) is 0. The van der Waals surface area contributed by atoms with Crippen LogP contribution in [0.5, 0.6) is 0 Å². The lowest BCUT2D eigenvalue weighted by atomic mass is 10.1. The molecule has 0 spiro atoms. The number of carbonyl (C=O) groups is 1. The third kappa shape index (κ3) is 3.68. The number of fused-ring (bicyclic) bond motifs is 1. The van der Waals surface area contributed by atoms with E-state index in [9.17, 15) is 13.2 Å². The van der Waals surface area contributed by atoms with Crippen molar-refractivity contribution in [2.24, 2.45) is 0 Å². The maximum atomic E-state index is 13.3. The van der Waals surface area contributed by atoms with Crippen LogP contribution < -0.4 is 4.90 Å². The minimum atomic E-state index is -3.70. The smallest absolute Gasteiger partial charge is 0.258 e. The van der Waals surface area contributed by atoms with Crippen LogP contribution in [-0.2, 0) is 10.0 Å². The van der Waals surface area contributed by atoms with E-state index in [0.29, 0.717) is 25.2 Å². The summed E-state index contributed by atoms with van der Waals surface area (Å²) >= 11 is 7.96. The Balaban J connectivity index is 1.71. The molecule has 2 heterocycles. The van der Waals surface area contributed by atoms with Crippen LogP contribution in [-0.4, -0.2) is 44.0 Å². The predicted octanol–water partition coefficient (Wildman–Crippen LogP) is 4.27. The van der Waals surface area contributed by atoms with Crippen molar-refractivity contribution in [3.8, 4) is 0 Å². The monoisotopic (exact) mass is 436 g/mol. The van der Waals surface area contributed by atoms with E-state index in [1.165, 1.54) is 16.4 Å². The Morgan fingerprint density at radius 1 is 1.00 bits per heavy atom. The van der Waals surface area contributed by atoms with Crippen molar-refractivity contribution < 1.29 is 13.2 Å². The SMILES string of the molecule is O=C(c1ccc(Cl)c(S(=O)(=O)N2CCCC2)c1)N1CCCSc2ccccc21. The maximum Gasteiger partial charge on any atom is 0.258 e. The van der Waals surface area contributed by atoms with Crippen LogP contribution in [0.3, 0.4) is 0 Å². The van der Waals surface area contributed by atoms with Gasteiger partial charge in [-0.3, -0.25) is 4.79 Å². The van der Waals surface area contributed by atoms with Crippen molar-refractivity contribution >= 4 is 45.0 Å². The van der Waals surface area contributed by atoms with Gasteiger partial charge >= 0.3 is 0 Å². The Bertz CT molecular complexity index is 1000. The number of sulfonamides is 1. The van der Waals surface area contributed by atoms with E-state index < -0.39 is 10.0 Å².